The Labute approximate surface area is 137 Å². The minimum absolute atomic E-state index is 0.0891. The molecule has 1 aromatic rings. The summed E-state index contributed by atoms with van der Waals surface area (Å²) in [7, 11) is 0. The Hall–Kier alpha value is -1.88. The van der Waals surface area contributed by atoms with Gasteiger partial charge in [0.05, 0.1) is 0 Å². The number of carbonyl (C=O) groups excluding carboxylic acids is 2. The van der Waals surface area contributed by atoms with Gasteiger partial charge < -0.3 is 16.0 Å². The molecule has 1 aliphatic heterocycles. The van der Waals surface area contributed by atoms with Crippen LogP contribution in [0, 0.1) is 11.3 Å². The summed E-state index contributed by atoms with van der Waals surface area (Å²) in [6.07, 6.45) is 3.20. The van der Waals surface area contributed by atoms with Crippen LogP contribution in [0.15, 0.2) is 24.3 Å². The lowest BCUT2D eigenvalue weighted by molar-refractivity contribution is -0.118. The summed E-state index contributed by atoms with van der Waals surface area (Å²) in [5.41, 5.74) is 1.61. The van der Waals surface area contributed by atoms with Crippen LogP contribution in [-0.4, -0.2) is 30.9 Å². The first-order valence-corrected chi connectivity index (χ1v) is 8.43. The Morgan fingerprint density at radius 2 is 1.83 bits per heavy atom. The van der Waals surface area contributed by atoms with Gasteiger partial charge in [-0.25, -0.2) is 0 Å². The quantitative estimate of drug-likeness (QED) is 0.797. The van der Waals surface area contributed by atoms with E-state index in [4.69, 9.17) is 0 Å². The van der Waals surface area contributed by atoms with E-state index in [9.17, 15) is 9.59 Å². The summed E-state index contributed by atoms with van der Waals surface area (Å²) in [5, 5.41) is 9.20. The van der Waals surface area contributed by atoms with Gasteiger partial charge in [-0.15, -0.1) is 0 Å². The second-order valence-corrected chi connectivity index (χ2v) is 7.06. The van der Waals surface area contributed by atoms with Crippen LogP contribution in [0.25, 0.3) is 0 Å². The van der Waals surface area contributed by atoms with Crippen LogP contribution >= 0.6 is 0 Å². The summed E-state index contributed by atoms with van der Waals surface area (Å²) >= 11 is 0. The fourth-order valence-corrected chi connectivity index (χ4v) is 3.48. The van der Waals surface area contributed by atoms with Gasteiger partial charge in [-0.2, -0.15) is 0 Å². The van der Waals surface area contributed by atoms with Crippen molar-refractivity contribution in [1.29, 1.82) is 0 Å². The zero-order chi connectivity index (χ0) is 16.4. The Morgan fingerprint density at radius 3 is 2.43 bits per heavy atom. The van der Waals surface area contributed by atoms with Gasteiger partial charge in [0.15, 0.2) is 0 Å². The molecule has 0 bridgehead atoms. The Morgan fingerprint density at radius 1 is 1.17 bits per heavy atom. The molecule has 0 aromatic heterocycles. The van der Waals surface area contributed by atoms with Crippen molar-refractivity contribution < 1.29 is 9.59 Å². The highest BCUT2D eigenvalue weighted by atomic mass is 16.2. The molecule has 2 fully saturated rings. The lowest BCUT2D eigenvalue weighted by Crippen LogP contribution is -2.31. The molecule has 3 rings (SSSR count). The van der Waals surface area contributed by atoms with Crippen molar-refractivity contribution in [3.8, 4) is 0 Å². The van der Waals surface area contributed by atoms with Gasteiger partial charge in [0.1, 0.15) is 0 Å². The first-order chi connectivity index (χ1) is 11.0. The van der Waals surface area contributed by atoms with Gasteiger partial charge in [-0.1, -0.05) is 0 Å². The second-order valence-electron chi connectivity index (χ2n) is 7.06. The topological polar surface area (TPSA) is 70.2 Å². The number of hydrogen-bond donors (Lipinski definition) is 3. The highest BCUT2D eigenvalue weighted by Gasteiger charge is 2.57. The molecule has 1 aliphatic carbocycles. The average Bonchev–Trinajstić information content (AvgIpc) is 3.21. The summed E-state index contributed by atoms with van der Waals surface area (Å²) < 4.78 is 0. The van der Waals surface area contributed by atoms with Gasteiger partial charge in [0.25, 0.3) is 5.91 Å². The van der Waals surface area contributed by atoms with E-state index in [2.05, 4.69) is 16.0 Å². The van der Waals surface area contributed by atoms with E-state index in [0.717, 1.165) is 38.0 Å². The van der Waals surface area contributed by atoms with Crippen LogP contribution in [0.4, 0.5) is 5.69 Å². The zero-order valence-corrected chi connectivity index (χ0v) is 13.8. The standard InChI is InChI=1S/C18H25N3O2/c1-12(2)20-16(22)13-3-5-14(6-4-13)21-17(23)15-11-18(15)7-9-19-10-8-18/h3-6,12,15,19H,7-11H2,1-2H3,(H,20,22)(H,21,23). The van der Waals surface area contributed by atoms with Gasteiger partial charge in [-0.3, -0.25) is 9.59 Å². The lowest BCUT2D eigenvalue weighted by atomic mass is 9.92. The number of anilines is 1. The van der Waals surface area contributed by atoms with Crippen LogP contribution < -0.4 is 16.0 Å². The monoisotopic (exact) mass is 315 g/mol. The van der Waals surface area contributed by atoms with E-state index in [-0.39, 0.29) is 29.2 Å². The molecular formula is C18H25N3O2. The maximum Gasteiger partial charge on any atom is 0.251 e. The molecule has 2 amide bonds. The number of carbonyl (C=O) groups is 2. The molecule has 23 heavy (non-hydrogen) atoms. The molecule has 3 N–H and O–H groups in total. The largest absolute Gasteiger partial charge is 0.350 e. The third-order valence-electron chi connectivity index (χ3n) is 4.94. The Bertz CT molecular complexity index is 589. The van der Waals surface area contributed by atoms with Crippen LogP contribution in [0.5, 0.6) is 0 Å². The smallest absolute Gasteiger partial charge is 0.251 e. The van der Waals surface area contributed by atoms with Gasteiger partial charge >= 0.3 is 0 Å². The lowest BCUT2D eigenvalue weighted by Gasteiger charge is -2.23. The van der Waals surface area contributed by atoms with E-state index in [1.54, 1.807) is 24.3 Å². The zero-order valence-electron chi connectivity index (χ0n) is 13.8. The number of piperidine rings is 1. The van der Waals surface area contributed by atoms with Gasteiger partial charge in [0.2, 0.25) is 5.91 Å². The molecule has 1 heterocycles. The highest BCUT2D eigenvalue weighted by molar-refractivity contribution is 5.97. The summed E-state index contributed by atoms with van der Waals surface area (Å²) in [5.74, 6) is 0.175. The molecule has 1 saturated carbocycles. The molecule has 1 spiro atoms. The maximum absolute atomic E-state index is 12.4. The third-order valence-corrected chi connectivity index (χ3v) is 4.94. The van der Waals surface area contributed by atoms with Crippen LogP contribution in [0.1, 0.15) is 43.5 Å². The van der Waals surface area contributed by atoms with Crippen LogP contribution in [-0.2, 0) is 4.79 Å². The van der Waals surface area contributed by atoms with E-state index in [1.807, 2.05) is 13.8 Å². The van der Waals surface area contributed by atoms with E-state index in [0.29, 0.717) is 5.56 Å². The van der Waals surface area contributed by atoms with Crippen molar-refractivity contribution in [2.24, 2.45) is 11.3 Å². The van der Waals surface area contributed by atoms with Crippen LogP contribution in [0.2, 0.25) is 0 Å². The number of rotatable bonds is 4. The second kappa shape index (κ2) is 6.32. The summed E-state index contributed by atoms with van der Waals surface area (Å²) in [6, 6.07) is 7.20. The van der Waals surface area contributed by atoms with E-state index in [1.165, 1.54) is 0 Å². The molecule has 1 unspecified atom stereocenters. The fraction of sp³-hybridized carbons (Fsp3) is 0.556. The highest BCUT2D eigenvalue weighted by Crippen LogP contribution is 2.58. The van der Waals surface area contributed by atoms with Gasteiger partial charge in [0, 0.05) is 23.2 Å². The predicted molar refractivity (Wildman–Crippen MR) is 90.3 cm³/mol. The number of amides is 2. The fourth-order valence-electron chi connectivity index (χ4n) is 3.48. The van der Waals surface area contributed by atoms with Crippen molar-refractivity contribution >= 4 is 17.5 Å². The molecule has 1 aromatic carbocycles. The molecular weight excluding hydrogens is 290 g/mol. The predicted octanol–water partition coefficient (Wildman–Crippen LogP) is 2.15. The molecule has 5 heteroatoms. The summed E-state index contributed by atoms with van der Waals surface area (Å²) in [4.78, 5) is 24.3. The maximum atomic E-state index is 12.4. The SMILES string of the molecule is CC(C)NC(=O)c1ccc(NC(=O)C2CC23CCNCC3)cc1. The third kappa shape index (κ3) is 3.55. The molecule has 124 valence electrons. The number of nitrogens with one attached hydrogen (secondary N) is 3. The average molecular weight is 315 g/mol. The normalized spacial score (nSPS) is 22.0. The Balaban J connectivity index is 1.56. The number of benzene rings is 1. The Kier molecular flexibility index (Phi) is 4.39. The number of hydrogen-bond acceptors (Lipinski definition) is 3. The first-order valence-electron chi connectivity index (χ1n) is 8.43. The minimum Gasteiger partial charge on any atom is -0.350 e. The molecule has 2 aliphatic rings. The first kappa shape index (κ1) is 16.0. The van der Waals surface area contributed by atoms with Crippen molar-refractivity contribution in [2.75, 3.05) is 18.4 Å². The molecule has 0 radical (unpaired) electrons. The van der Waals surface area contributed by atoms with Crippen molar-refractivity contribution in [1.82, 2.24) is 10.6 Å². The van der Waals surface area contributed by atoms with E-state index < -0.39 is 0 Å². The van der Waals surface area contributed by atoms with Crippen molar-refractivity contribution in [3.63, 3.8) is 0 Å². The molecule has 5 nitrogen and oxygen atoms in total. The molecule has 1 atom stereocenters. The summed E-state index contributed by atoms with van der Waals surface area (Å²) in [6.45, 7) is 5.89. The van der Waals surface area contributed by atoms with Crippen molar-refractivity contribution in [2.45, 2.75) is 39.2 Å². The van der Waals surface area contributed by atoms with Crippen molar-refractivity contribution in [3.05, 3.63) is 29.8 Å². The van der Waals surface area contributed by atoms with Crippen LogP contribution in [0.3, 0.4) is 0 Å². The minimum atomic E-state index is -0.0891. The van der Waals surface area contributed by atoms with Gasteiger partial charge in [-0.05, 0) is 75.9 Å². The molecule has 1 saturated heterocycles. The van der Waals surface area contributed by atoms with E-state index >= 15 is 0 Å².